The van der Waals surface area contributed by atoms with Crippen molar-refractivity contribution < 1.29 is 24.2 Å². The molecule has 0 aliphatic rings. The second kappa shape index (κ2) is 8.14. The number of hydrogen-bond acceptors (Lipinski definition) is 4. The molecular weight excluding hydrogens is 274 g/mol. The lowest BCUT2D eigenvalue weighted by molar-refractivity contribution is -0.123. The maximum atomic E-state index is 11.7. The van der Waals surface area contributed by atoms with Gasteiger partial charge >= 0.3 is 5.97 Å². The molecule has 0 saturated heterocycles. The Morgan fingerprint density at radius 3 is 2.62 bits per heavy atom. The van der Waals surface area contributed by atoms with E-state index >= 15 is 0 Å². The maximum Gasteiger partial charge on any atom is 0.335 e. The molecule has 0 aliphatic carbocycles. The van der Waals surface area contributed by atoms with Crippen molar-refractivity contribution in [3.8, 4) is 11.5 Å². The minimum Gasteiger partial charge on any atom is -0.493 e. The molecule has 1 amide bonds. The average Bonchev–Trinajstić information content (AvgIpc) is 2.44. The SMILES string of the molecule is CCCC(C)NC(=O)COc1cc(C(=O)O)ccc1OC. The molecule has 1 aromatic carbocycles. The van der Waals surface area contributed by atoms with E-state index in [2.05, 4.69) is 5.32 Å². The minimum absolute atomic E-state index is 0.0746. The topological polar surface area (TPSA) is 84.9 Å². The van der Waals surface area contributed by atoms with E-state index < -0.39 is 5.97 Å². The van der Waals surface area contributed by atoms with E-state index in [0.717, 1.165) is 12.8 Å². The van der Waals surface area contributed by atoms with Gasteiger partial charge in [-0.2, -0.15) is 0 Å². The van der Waals surface area contributed by atoms with Crippen molar-refractivity contribution in [2.75, 3.05) is 13.7 Å². The van der Waals surface area contributed by atoms with E-state index in [9.17, 15) is 9.59 Å². The number of carboxylic acids is 1. The first-order valence-electron chi connectivity index (χ1n) is 6.81. The molecule has 1 unspecified atom stereocenters. The van der Waals surface area contributed by atoms with Crippen LogP contribution in [0.5, 0.6) is 11.5 Å². The van der Waals surface area contributed by atoms with Crippen LogP contribution in [0, 0.1) is 0 Å². The summed E-state index contributed by atoms with van der Waals surface area (Å²) in [6, 6.07) is 4.33. The number of hydrogen-bond donors (Lipinski definition) is 2. The summed E-state index contributed by atoms with van der Waals surface area (Å²) in [4.78, 5) is 22.7. The van der Waals surface area contributed by atoms with Gasteiger partial charge in [0.15, 0.2) is 18.1 Å². The molecule has 0 heterocycles. The number of carbonyl (C=O) groups excluding carboxylic acids is 1. The second-order valence-corrected chi connectivity index (χ2v) is 4.72. The van der Waals surface area contributed by atoms with Gasteiger partial charge in [-0.25, -0.2) is 4.79 Å². The zero-order chi connectivity index (χ0) is 15.8. The number of carboxylic acid groups (broad SMARTS) is 1. The molecule has 0 aliphatic heterocycles. The van der Waals surface area contributed by atoms with Crippen molar-refractivity contribution in [2.24, 2.45) is 0 Å². The maximum absolute atomic E-state index is 11.7. The Hall–Kier alpha value is -2.24. The fourth-order valence-electron chi connectivity index (χ4n) is 1.89. The van der Waals surface area contributed by atoms with Gasteiger partial charge in [0, 0.05) is 6.04 Å². The third kappa shape index (κ3) is 5.33. The Morgan fingerprint density at radius 1 is 1.33 bits per heavy atom. The summed E-state index contributed by atoms with van der Waals surface area (Å²) in [5.74, 6) is -0.702. The summed E-state index contributed by atoms with van der Waals surface area (Å²) in [7, 11) is 1.45. The Morgan fingerprint density at radius 2 is 2.05 bits per heavy atom. The van der Waals surface area contributed by atoms with Crippen LogP contribution in [-0.2, 0) is 4.79 Å². The van der Waals surface area contributed by atoms with Gasteiger partial charge in [0.1, 0.15) is 0 Å². The number of benzene rings is 1. The van der Waals surface area contributed by atoms with Crippen molar-refractivity contribution in [3.05, 3.63) is 23.8 Å². The van der Waals surface area contributed by atoms with Gasteiger partial charge in [-0.15, -0.1) is 0 Å². The van der Waals surface area contributed by atoms with E-state index in [1.807, 2.05) is 13.8 Å². The molecule has 0 aromatic heterocycles. The average molecular weight is 295 g/mol. The predicted molar refractivity (Wildman–Crippen MR) is 78.0 cm³/mol. The Labute approximate surface area is 124 Å². The standard InChI is InChI=1S/C15H21NO5/c1-4-5-10(2)16-14(17)9-21-13-8-11(15(18)19)6-7-12(13)20-3/h6-8,10H,4-5,9H2,1-3H3,(H,16,17)(H,18,19). The van der Waals surface area contributed by atoms with Crippen LogP contribution in [0.4, 0.5) is 0 Å². The Bertz CT molecular complexity index is 501. The van der Waals surface area contributed by atoms with Crippen molar-refractivity contribution in [1.29, 1.82) is 0 Å². The van der Waals surface area contributed by atoms with Crippen LogP contribution in [0.2, 0.25) is 0 Å². The van der Waals surface area contributed by atoms with Crippen LogP contribution in [0.25, 0.3) is 0 Å². The zero-order valence-electron chi connectivity index (χ0n) is 12.5. The molecular formula is C15H21NO5. The number of ether oxygens (including phenoxy) is 2. The van der Waals surface area contributed by atoms with E-state index in [0.29, 0.717) is 5.75 Å². The number of rotatable bonds is 8. The molecule has 0 radical (unpaired) electrons. The molecule has 6 heteroatoms. The summed E-state index contributed by atoms with van der Waals surface area (Å²) in [5.41, 5.74) is 0.0746. The molecule has 0 fully saturated rings. The summed E-state index contributed by atoms with van der Waals surface area (Å²) < 4.78 is 10.4. The van der Waals surface area contributed by atoms with Crippen LogP contribution in [0.15, 0.2) is 18.2 Å². The van der Waals surface area contributed by atoms with Crippen LogP contribution < -0.4 is 14.8 Å². The van der Waals surface area contributed by atoms with E-state index in [-0.39, 0.29) is 29.9 Å². The van der Waals surface area contributed by atoms with Crippen molar-refractivity contribution >= 4 is 11.9 Å². The Kier molecular flexibility index (Phi) is 6.52. The van der Waals surface area contributed by atoms with Crippen LogP contribution in [-0.4, -0.2) is 36.7 Å². The van der Waals surface area contributed by atoms with Gasteiger partial charge in [-0.05, 0) is 31.5 Å². The van der Waals surface area contributed by atoms with Crippen LogP contribution in [0.3, 0.4) is 0 Å². The van der Waals surface area contributed by atoms with Crippen molar-refractivity contribution in [2.45, 2.75) is 32.7 Å². The van der Waals surface area contributed by atoms with E-state index in [4.69, 9.17) is 14.6 Å². The summed E-state index contributed by atoms with van der Waals surface area (Å²) >= 11 is 0. The monoisotopic (exact) mass is 295 g/mol. The molecule has 2 N–H and O–H groups in total. The quantitative estimate of drug-likeness (QED) is 0.767. The van der Waals surface area contributed by atoms with Crippen LogP contribution in [0.1, 0.15) is 37.0 Å². The summed E-state index contributed by atoms with van der Waals surface area (Å²) in [5, 5.41) is 11.8. The first kappa shape index (κ1) is 16.8. The third-order valence-corrected chi connectivity index (χ3v) is 2.90. The van der Waals surface area contributed by atoms with Crippen LogP contribution >= 0.6 is 0 Å². The van der Waals surface area contributed by atoms with Gasteiger partial charge in [0.25, 0.3) is 5.91 Å². The van der Waals surface area contributed by atoms with Gasteiger partial charge in [0.2, 0.25) is 0 Å². The highest BCUT2D eigenvalue weighted by molar-refractivity contribution is 5.88. The first-order chi connectivity index (χ1) is 9.97. The zero-order valence-corrected chi connectivity index (χ0v) is 12.5. The first-order valence-corrected chi connectivity index (χ1v) is 6.81. The summed E-state index contributed by atoms with van der Waals surface area (Å²) in [6.45, 7) is 3.78. The molecule has 0 spiro atoms. The van der Waals surface area contributed by atoms with Gasteiger partial charge in [-0.3, -0.25) is 4.79 Å². The lowest BCUT2D eigenvalue weighted by Crippen LogP contribution is -2.36. The fourth-order valence-corrected chi connectivity index (χ4v) is 1.89. The van der Waals surface area contributed by atoms with Crippen molar-refractivity contribution in [3.63, 3.8) is 0 Å². The van der Waals surface area contributed by atoms with Gasteiger partial charge < -0.3 is 19.9 Å². The third-order valence-electron chi connectivity index (χ3n) is 2.90. The predicted octanol–water partition coefficient (Wildman–Crippen LogP) is 2.08. The lowest BCUT2D eigenvalue weighted by Gasteiger charge is -2.14. The molecule has 1 rings (SSSR count). The number of methoxy groups -OCH3 is 1. The normalized spacial score (nSPS) is 11.6. The molecule has 6 nitrogen and oxygen atoms in total. The number of aromatic carboxylic acids is 1. The fraction of sp³-hybridized carbons (Fsp3) is 0.467. The minimum atomic E-state index is -1.07. The van der Waals surface area contributed by atoms with E-state index in [1.165, 1.54) is 25.3 Å². The summed E-state index contributed by atoms with van der Waals surface area (Å²) in [6.07, 6.45) is 1.88. The van der Waals surface area contributed by atoms with Crippen molar-refractivity contribution in [1.82, 2.24) is 5.32 Å². The highest BCUT2D eigenvalue weighted by Gasteiger charge is 2.12. The second-order valence-electron chi connectivity index (χ2n) is 4.72. The largest absolute Gasteiger partial charge is 0.493 e. The lowest BCUT2D eigenvalue weighted by atomic mass is 10.2. The van der Waals surface area contributed by atoms with E-state index in [1.54, 1.807) is 0 Å². The highest BCUT2D eigenvalue weighted by atomic mass is 16.5. The number of nitrogens with one attached hydrogen (secondary N) is 1. The smallest absolute Gasteiger partial charge is 0.335 e. The number of amides is 1. The molecule has 1 atom stereocenters. The number of carbonyl (C=O) groups is 2. The molecule has 116 valence electrons. The molecule has 0 saturated carbocycles. The molecule has 21 heavy (non-hydrogen) atoms. The highest BCUT2D eigenvalue weighted by Crippen LogP contribution is 2.28. The Balaban J connectivity index is 2.67. The molecule has 0 bridgehead atoms. The molecule has 1 aromatic rings. The van der Waals surface area contributed by atoms with Gasteiger partial charge in [0.05, 0.1) is 12.7 Å². The van der Waals surface area contributed by atoms with Gasteiger partial charge in [-0.1, -0.05) is 13.3 Å².